The fraction of sp³-hybridized carbons (Fsp3) is 0.500. The van der Waals surface area contributed by atoms with Crippen LogP contribution in [0.25, 0.3) is 22.3 Å². The highest BCUT2D eigenvalue weighted by molar-refractivity contribution is 8.04. The van der Waals surface area contributed by atoms with Crippen LogP contribution in [0.15, 0.2) is 17.4 Å². The van der Waals surface area contributed by atoms with Crippen LogP contribution in [-0.2, 0) is 31.7 Å². The molecule has 0 radical (unpaired) electrons. The van der Waals surface area contributed by atoms with Crippen molar-refractivity contribution in [3.05, 3.63) is 28.2 Å². The van der Waals surface area contributed by atoms with E-state index in [-0.39, 0.29) is 52.9 Å². The second-order valence-electron chi connectivity index (χ2n) is 8.61. The lowest BCUT2D eigenvalue weighted by Gasteiger charge is -2.09. The van der Waals surface area contributed by atoms with Gasteiger partial charge in [0.2, 0.25) is 11.9 Å². The molecule has 6 unspecified atom stereocenters. The molecule has 17 nitrogen and oxygen atoms in total. The number of H-pyrrole nitrogens is 1. The van der Waals surface area contributed by atoms with Gasteiger partial charge in [-0.15, -0.1) is 0 Å². The lowest BCUT2D eigenvalue weighted by atomic mass is 10.4. The van der Waals surface area contributed by atoms with Crippen LogP contribution in [0.2, 0.25) is 5.15 Å². The van der Waals surface area contributed by atoms with Crippen LogP contribution in [0.1, 0.15) is 7.43 Å². The van der Waals surface area contributed by atoms with Gasteiger partial charge in [-0.3, -0.25) is 9.78 Å². The molecule has 6 atom stereocenters. The van der Waals surface area contributed by atoms with E-state index in [4.69, 9.17) is 37.4 Å². The van der Waals surface area contributed by atoms with Crippen LogP contribution in [0.4, 0.5) is 11.9 Å². The first-order chi connectivity index (χ1) is 19.1. The maximum Gasteiger partial charge on any atom is 0.549 e. The van der Waals surface area contributed by atoms with Gasteiger partial charge in [0.1, 0.15) is 12.2 Å². The predicted molar refractivity (Wildman–Crippen MR) is 163 cm³/mol. The SMILES string of the molecule is C.C[P+](=O)C1OC(Cn2cnc3c(Cl)nc(N)nc32)CS1.Nc1nc2c(ncn2CC2CSC([P+](=O)O)O2)c(=O)[nH]1.O. The van der Waals surface area contributed by atoms with E-state index in [1.165, 1.54) is 18.1 Å². The first-order valence-electron chi connectivity index (χ1n) is 11.5. The van der Waals surface area contributed by atoms with Gasteiger partial charge in [0, 0.05) is 11.5 Å². The summed E-state index contributed by atoms with van der Waals surface area (Å²) in [4.78, 5) is 43.3. The standard InChI is InChI=1S/C10H12ClN5O2PS.C9H10N5O4PS.CH4.H2O/c1-19(17)10-18-5(3-20-10)2-16-4-13-6-7(11)14-9(12)15-8(6)16;10-8-12-6-5(7(15)13-8)11-3-14(6)1-4-2-20-9(18-4)19(16)17;;/h4-5,10H,2-3H2,1H3,(H2,12,14,15);3-4,9H,1-2H2,(H3-,10,12,13,15,16,17);1H4;1H2/q+1;;;/p+1. The maximum absolute atomic E-state index is 11.6. The third kappa shape index (κ3) is 7.53. The molecule has 42 heavy (non-hydrogen) atoms. The number of halogens is 1. The Kier molecular flexibility index (Phi) is 11.6. The zero-order valence-electron chi connectivity index (χ0n) is 21.2. The minimum atomic E-state index is -2.36. The number of aromatic amines is 1. The summed E-state index contributed by atoms with van der Waals surface area (Å²) < 4.78 is 37.0. The van der Waals surface area contributed by atoms with E-state index in [9.17, 15) is 13.9 Å². The molecule has 2 saturated heterocycles. The summed E-state index contributed by atoms with van der Waals surface area (Å²) in [7, 11) is -3.70. The van der Waals surface area contributed by atoms with Crippen molar-refractivity contribution in [1.29, 1.82) is 0 Å². The number of imidazole rings is 2. The van der Waals surface area contributed by atoms with Crippen LogP contribution in [-0.4, -0.2) is 90.1 Å². The van der Waals surface area contributed by atoms with E-state index < -0.39 is 26.6 Å². The molecule has 6 rings (SSSR count). The Morgan fingerprint density at radius 3 is 2.12 bits per heavy atom. The number of nitrogens with two attached hydrogens (primary N) is 2. The molecule has 0 aliphatic carbocycles. The van der Waals surface area contributed by atoms with Gasteiger partial charge in [0.25, 0.3) is 5.56 Å². The number of thioether (sulfide) groups is 2. The van der Waals surface area contributed by atoms with Gasteiger partial charge >= 0.3 is 26.2 Å². The third-order valence-corrected chi connectivity index (χ3v) is 11.4. The van der Waals surface area contributed by atoms with Crippen molar-refractivity contribution in [2.45, 2.75) is 43.1 Å². The minimum Gasteiger partial charge on any atom is -0.412 e. The fourth-order valence-corrected chi connectivity index (χ4v) is 8.27. The number of ether oxygens (including phenoxy) is 2. The molecule has 8 N–H and O–H groups in total. The molecule has 0 bridgehead atoms. The summed E-state index contributed by atoms with van der Waals surface area (Å²) in [6.07, 6.45) is 2.84. The molecule has 4 aromatic rings. The van der Waals surface area contributed by atoms with Crippen molar-refractivity contribution in [3.8, 4) is 0 Å². The van der Waals surface area contributed by atoms with Gasteiger partial charge in [-0.25, -0.2) is 9.97 Å². The second kappa shape index (κ2) is 14.3. The van der Waals surface area contributed by atoms with Crippen LogP contribution in [0.5, 0.6) is 0 Å². The highest BCUT2D eigenvalue weighted by Crippen LogP contribution is 2.41. The number of rotatable bonds is 6. The Balaban J connectivity index is 0.000000220. The molecule has 0 saturated carbocycles. The van der Waals surface area contributed by atoms with Crippen LogP contribution in [0.3, 0.4) is 0 Å². The summed E-state index contributed by atoms with van der Waals surface area (Å²) >= 11 is 8.83. The molecular weight excluding hydrogens is 654 g/mol. The Bertz CT molecular complexity index is 1660. The van der Waals surface area contributed by atoms with E-state index in [0.717, 1.165) is 5.75 Å². The molecule has 4 aromatic heterocycles. The minimum absolute atomic E-state index is 0. The van der Waals surface area contributed by atoms with Crippen molar-refractivity contribution in [1.82, 2.24) is 39.0 Å². The van der Waals surface area contributed by atoms with E-state index >= 15 is 0 Å². The summed E-state index contributed by atoms with van der Waals surface area (Å²) in [6, 6.07) is 0. The number of hydrogen-bond acceptors (Lipinski definition) is 14. The molecule has 6 heterocycles. The Labute approximate surface area is 253 Å². The van der Waals surface area contributed by atoms with Crippen molar-refractivity contribution in [2.75, 3.05) is 29.6 Å². The first kappa shape index (κ1) is 34.0. The average molecular weight is 683 g/mol. The Hall–Kier alpha value is -2.47. The summed E-state index contributed by atoms with van der Waals surface area (Å²) in [6.45, 7) is 2.63. The highest BCUT2D eigenvalue weighted by atomic mass is 35.5. The number of fused-ring (bicyclic) bond motifs is 2. The Morgan fingerprint density at radius 2 is 1.57 bits per heavy atom. The van der Waals surface area contributed by atoms with Crippen LogP contribution in [0, 0.1) is 0 Å². The number of anilines is 2. The van der Waals surface area contributed by atoms with E-state index in [1.54, 1.807) is 29.3 Å². The van der Waals surface area contributed by atoms with Crippen molar-refractivity contribution in [2.24, 2.45) is 0 Å². The number of nitrogen functional groups attached to an aromatic ring is 2. The third-order valence-electron chi connectivity index (χ3n) is 5.68. The lowest BCUT2D eigenvalue weighted by molar-refractivity contribution is 0.0870. The number of nitrogens with one attached hydrogen (secondary N) is 1. The summed E-state index contributed by atoms with van der Waals surface area (Å²) in [5.74, 6) is 1.50. The molecule has 0 aromatic carbocycles. The van der Waals surface area contributed by atoms with Crippen LogP contribution < -0.4 is 17.0 Å². The molecule has 2 aliphatic rings. The number of hydrogen-bond donors (Lipinski definition) is 4. The van der Waals surface area contributed by atoms with Crippen LogP contribution >= 0.6 is 51.0 Å². The number of aromatic nitrogens is 8. The molecule has 22 heteroatoms. The van der Waals surface area contributed by atoms with Gasteiger partial charge in [-0.2, -0.15) is 19.8 Å². The quantitative estimate of drug-likeness (QED) is 0.166. The zero-order valence-corrected chi connectivity index (χ0v) is 25.3. The van der Waals surface area contributed by atoms with Gasteiger partial charge in [-0.05, 0) is 4.57 Å². The topological polar surface area (TPSA) is 264 Å². The molecule has 2 aliphatic heterocycles. The van der Waals surface area contributed by atoms with E-state index in [1.807, 2.05) is 4.57 Å². The number of nitrogens with zero attached hydrogens (tertiary/aromatic N) is 7. The first-order valence-corrected chi connectivity index (χ1v) is 17.1. The molecule has 2 fully saturated rings. The largest absolute Gasteiger partial charge is 0.549 e. The summed E-state index contributed by atoms with van der Waals surface area (Å²) in [5, 5.41) is -0.693. The van der Waals surface area contributed by atoms with Gasteiger partial charge in [0.15, 0.2) is 22.0 Å². The molecule has 0 amide bonds. The summed E-state index contributed by atoms with van der Waals surface area (Å²) in [5.41, 5.74) is 12.4. The van der Waals surface area contributed by atoms with Gasteiger partial charge in [-0.1, -0.05) is 47.1 Å². The second-order valence-corrected chi connectivity index (χ2v) is 14.5. The van der Waals surface area contributed by atoms with E-state index in [0.29, 0.717) is 35.7 Å². The highest BCUT2D eigenvalue weighted by Gasteiger charge is 2.40. The zero-order chi connectivity index (χ0) is 28.6. The van der Waals surface area contributed by atoms with Crippen molar-refractivity contribution >= 4 is 85.2 Å². The smallest absolute Gasteiger partial charge is 0.412 e. The molecular formula is C20H29ClN10O7P2S2+2. The molecule has 228 valence electrons. The molecule has 0 spiro atoms. The fourth-order valence-electron chi connectivity index (χ4n) is 3.97. The normalized spacial score (nSPS) is 22.3. The van der Waals surface area contributed by atoms with Crippen molar-refractivity contribution in [3.63, 3.8) is 0 Å². The van der Waals surface area contributed by atoms with Crippen molar-refractivity contribution < 1.29 is 29.0 Å². The Morgan fingerprint density at radius 1 is 1.02 bits per heavy atom. The van der Waals surface area contributed by atoms with Gasteiger partial charge in [0.05, 0.1) is 38.0 Å². The average Bonchev–Trinajstić information content (AvgIpc) is 3.68. The monoisotopic (exact) mass is 682 g/mol. The maximum atomic E-state index is 11.6. The lowest BCUT2D eigenvalue weighted by Crippen LogP contribution is -2.19. The van der Waals surface area contributed by atoms with Gasteiger partial charge < -0.3 is 35.6 Å². The van der Waals surface area contributed by atoms with E-state index in [2.05, 4.69) is 29.9 Å². The predicted octanol–water partition coefficient (Wildman–Crippen LogP) is 1.60.